The van der Waals surface area contributed by atoms with Crippen molar-refractivity contribution in [3.63, 3.8) is 0 Å². The van der Waals surface area contributed by atoms with E-state index in [2.05, 4.69) is 22.6 Å². The zero-order chi connectivity index (χ0) is 11.4. The highest BCUT2D eigenvalue weighted by atomic mass is 32.1. The van der Waals surface area contributed by atoms with E-state index in [4.69, 9.17) is 4.74 Å². The van der Waals surface area contributed by atoms with Gasteiger partial charge in [-0.15, -0.1) is 11.3 Å². The summed E-state index contributed by atoms with van der Waals surface area (Å²) in [4.78, 5) is 4.44. The molecule has 0 aliphatic carbocycles. The molecule has 2 unspecified atom stereocenters. The van der Waals surface area contributed by atoms with E-state index < -0.39 is 0 Å². The molecular weight excluding hydrogens is 220 g/mol. The Hall–Kier alpha value is -0.450. The molecule has 0 bridgehead atoms. The number of hydrogen-bond acceptors (Lipinski definition) is 4. The Kier molecular flexibility index (Phi) is 4.32. The van der Waals surface area contributed by atoms with Gasteiger partial charge in [-0.1, -0.05) is 6.92 Å². The predicted octanol–water partition coefficient (Wildman–Crippen LogP) is 2.36. The molecule has 0 saturated carbocycles. The summed E-state index contributed by atoms with van der Waals surface area (Å²) in [6.45, 7) is 7.12. The van der Waals surface area contributed by atoms with Crippen LogP contribution < -0.4 is 5.32 Å². The molecule has 2 heterocycles. The van der Waals surface area contributed by atoms with E-state index in [0.29, 0.717) is 12.0 Å². The lowest BCUT2D eigenvalue weighted by Crippen LogP contribution is -2.27. The fourth-order valence-corrected chi connectivity index (χ4v) is 2.97. The lowest BCUT2D eigenvalue weighted by Gasteiger charge is -2.16. The van der Waals surface area contributed by atoms with E-state index in [0.717, 1.165) is 31.8 Å². The smallest absolute Gasteiger partial charge is 0.107 e. The molecule has 1 saturated heterocycles. The molecule has 16 heavy (non-hydrogen) atoms. The third kappa shape index (κ3) is 3.03. The van der Waals surface area contributed by atoms with Crippen molar-refractivity contribution in [1.29, 1.82) is 0 Å². The van der Waals surface area contributed by atoms with Crippen LogP contribution in [-0.4, -0.2) is 24.2 Å². The molecular formula is C12H20N2OS. The maximum atomic E-state index is 5.67. The van der Waals surface area contributed by atoms with Gasteiger partial charge in [0.25, 0.3) is 0 Å². The summed E-state index contributed by atoms with van der Waals surface area (Å²) in [6.07, 6.45) is 2.79. The van der Waals surface area contributed by atoms with E-state index in [9.17, 15) is 0 Å². The molecule has 1 fully saturated rings. The number of rotatable bonds is 5. The number of thiazole rings is 1. The Morgan fingerprint density at radius 3 is 3.19 bits per heavy atom. The van der Waals surface area contributed by atoms with Crippen molar-refractivity contribution in [2.24, 2.45) is 5.92 Å². The second-order valence-corrected chi connectivity index (χ2v) is 5.32. The predicted molar refractivity (Wildman–Crippen MR) is 66.7 cm³/mol. The first-order valence-corrected chi connectivity index (χ1v) is 6.91. The van der Waals surface area contributed by atoms with Crippen LogP contribution in [0.4, 0.5) is 0 Å². The first-order chi connectivity index (χ1) is 7.79. The molecule has 0 amide bonds. The lowest BCUT2D eigenvalue weighted by molar-refractivity contribution is 0.0872. The summed E-state index contributed by atoms with van der Waals surface area (Å²) in [5.41, 5.74) is 1.12. The average molecular weight is 240 g/mol. The fourth-order valence-electron chi connectivity index (χ4n) is 2.23. The number of aryl methyl sites for hydroxylation is 1. The second-order valence-electron chi connectivity index (χ2n) is 4.38. The maximum absolute atomic E-state index is 5.67. The molecule has 90 valence electrons. The topological polar surface area (TPSA) is 34.1 Å². The highest BCUT2D eigenvalue weighted by Crippen LogP contribution is 2.22. The molecule has 0 aromatic carbocycles. The highest BCUT2D eigenvalue weighted by molar-refractivity contribution is 7.09. The van der Waals surface area contributed by atoms with Crippen LogP contribution in [0.3, 0.4) is 0 Å². The van der Waals surface area contributed by atoms with E-state index in [-0.39, 0.29) is 0 Å². The monoisotopic (exact) mass is 240 g/mol. The first-order valence-electron chi connectivity index (χ1n) is 6.03. The molecule has 1 aliphatic heterocycles. The van der Waals surface area contributed by atoms with Crippen LogP contribution in [-0.2, 0) is 11.3 Å². The van der Waals surface area contributed by atoms with Crippen molar-refractivity contribution < 1.29 is 4.74 Å². The van der Waals surface area contributed by atoms with Gasteiger partial charge in [-0.05, 0) is 25.7 Å². The number of ether oxygens (including phenoxy) is 1. The van der Waals surface area contributed by atoms with Gasteiger partial charge in [0.2, 0.25) is 0 Å². The number of hydrogen-bond donors (Lipinski definition) is 1. The Labute approximate surface area is 101 Å². The van der Waals surface area contributed by atoms with E-state index >= 15 is 0 Å². The summed E-state index contributed by atoms with van der Waals surface area (Å²) in [6, 6.07) is 0. The minimum absolute atomic E-state index is 0.463. The van der Waals surface area contributed by atoms with Crippen LogP contribution in [0.5, 0.6) is 0 Å². The van der Waals surface area contributed by atoms with Gasteiger partial charge < -0.3 is 10.1 Å². The summed E-state index contributed by atoms with van der Waals surface area (Å²) in [5.74, 6) is 0.686. The summed E-state index contributed by atoms with van der Waals surface area (Å²) >= 11 is 1.73. The minimum Gasteiger partial charge on any atom is -0.378 e. The van der Waals surface area contributed by atoms with Crippen LogP contribution in [0.2, 0.25) is 0 Å². The number of nitrogens with zero attached hydrogens (tertiary/aromatic N) is 1. The van der Waals surface area contributed by atoms with Crippen LogP contribution >= 0.6 is 11.3 Å². The summed E-state index contributed by atoms with van der Waals surface area (Å²) < 4.78 is 5.67. The van der Waals surface area contributed by atoms with Crippen molar-refractivity contribution in [2.45, 2.75) is 39.3 Å². The fraction of sp³-hybridized carbons (Fsp3) is 0.750. The zero-order valence-electron chi connectivity index (χ0n) is 10.0. The minimum atomic E-state index is 0.463. The molecule has 1 aromatic rings. The molecule has 2 rings (SSSR count). The Balaban J connectivity index is 1.71. The van der Waals surface area contributed by atoms with Gasteiger partial charge >= 0.3 is 0 Å². The molecule has 1 aliphatic rings. The normalized spacial score (nSPS) is 25.1. The third-order valence-electron chi connectivity index (χ3n) is 3.10. The Morgan fingerprint density at radius 1 is 1.62 bits per heavy atom. The van der Waals surface area contributed by atoms with Crippen molar-refractivity contribution in [1.82, 2.24) is 10.3 Å². The van der Waals surface area contributed by atoms with Crippen molar-refractivity contribution >= 4 is 11.3 Å². The van der Waals surface area contributed by atoms with Gasteiger partial charge in [-0.2, -0.15) is 0 Å². The van der Waals surface area contributed by atoms with E-state index in [1.54, 1.807) is 11.3 Å². The van der Waals surface area contributed by atoms with E-state index in [1.165, 1.54) is 11.4 Å². The first kappa shape index (κ1) is 12.0. The van der Waals surface area contributed by atoms with Crippen LogP contribution in [0.15, 0.2) is 5.38 Å². The second kappa shape index (κ2) is 5.75. The highest BCUT2D eigenvalue weighted by Gasteiger charge is 2.25. The van der Waals surface area contributed by atoms with Crippen molar-refractivity contribution in [3.8, 4) is 0 Å². The van der Waals surface area contributed by atoms with Gasteiger partial charge in [0.05, 0.1) is 6.10 Å². The number of aromatic nitrogens is 1. The van der Waals surface area contributed by atoms with Crippen molar-refractivity contribution in [2.75, 3.05) is 13.2 Å². The molecule has 0 spiro atoms. The van der Waals surface area contributed by atoms with Crippen molar-refractivity contribution in [3.05, 3.63) is 16.1 Å². The van der Waals surface area contributed by atoms with Crippen LogP contribution in [0.25, 0.3) is 0 Å². The third-order valence-corrected chi connectivity index (χ3v) is 4.06. The van der Waals surface area contributed by atoms with Gasteiger partial charge in [-0.25, -0.2) is 4.98 Å². The molecule has 1 aromatic heterocycles. The van der Waals surface area contributed by atoms with E-state index in [1.807, 2.05) is 6.92 Å². The van der Waals surface area contributed by atoms with Gasteiger partial charge in [0.1, 0.15) is 5.01 Å². The van der Waals surface area contributed by atoms with Crippen LogP contribution in [0, 0.1) is 12.8 Å². The standard InChI is InChI=1S/C12H20N2OS/c1-3-11-10(4-5-15-11)6-13-7-12-14-9(2)8-16-12/h8,10-11,13H,3-7H2,1-2H3. The molecule has 2 atom stereocenters. The lowest BCUT2D eigenvalue weighted by atomic mass is 10.00. The van der Waals surface area contributed by atoms with Gasteiger partial charge in [-0.3, -0.25) is 0 Å². The number of nitrogens with one attached hydrogen (secondary N) is 1. The summed E-state index contributed by atoms with van der Waals surface area (Å²) in [5, 5.41) is 6.78. The maximum Gasteiger partial charge on any atom is 0.107 e. The molecule has 3 nitrogen and oxygen atoms in total. The molecule has 4 heteroatoms. The molecule has 0 radical (unpaired) electrons. The SMILES string of the molecule is CCC1OCCC1CNCc1nc(C)cs1. The quantitative estimate of drug-likeness (QED) is 0.858. The Morgan fingerprint density at radius 2 is 2.50 bits per heavy atom. The average Bonchev–Trinajstić information content (AvgIpc) is 2.87. The van der Waals surface area contributed by atoms with Gasteiger partial charge in [0.15, 0.2) is 0 Å². The van der Waals surface area contributed by atoms with Gasteiger partial charge in [0, 0.05) is 30.8 Å². The largest absolute Gasteiger partial charge is 0.378 e. The molecule has 1 N–H and O–H groups in total. The Bertz CT molecular complexity index is 327. The van der Waals surface area contributed by atoms with Crippen LogP contribution in [0.1, 0.15) is 30.5 Å². The zero-order valence-corrected chi connectivity index (χ0v) is 10.8. The summed E-state index contributed by atoms with van der Waals surface area (Å²) in [7, 11) is 0.